The van der Waals surface area contributed by atoms with E-state index in [1.54, 1.807) is 0 Å². The molecule has 0 bridgehead atoms. The van der Waals surface area contributed by atoms with Gasteiger partial charge in [0, 0.05) is 30.6 Å². The fourth-order valence-electron chi connectivity index (χ4n) is 3.21. The molecule has 2 unspecified atom stereocenters. The Bertz CT molecular complexity index is 627. The lowest BCUT2D eigenvalue weighted by molar-refractivity contribution is 0.148. The second-order valence-corrected chi connectivity index (χ2v) is 6.27. The molecule has 2 atom stereocenters. The highest BCUT2D eigenvalue weighted by Crippen LogP contribution is 2.36. The molecule has 116 valence electrons. The predicted molar refractivity (Wildman–Crippen MR) is 89.9 cm³/mol. The average Bonchev–Trinajstić information content (AvgIpc) is 2.52. The van der Waals surface area contributed by atoms with E-state index in [4.69, 9.17) is 10.5 Å². The molecule has 1 aliphatic rings. The molecule has 0 aliphatic carbocycles. The number of benzene rings is 2. The van der Waals surface area contributed by atoms with Crippen LogP contribution in [-0.2, 0) is 6.54 Å². The van der Waals surface area contributed by atoms with E-state index >= 15 is 0 Å². The van der Waals surface area contributed by atoms with Crippen LogP contribution < -0.4 is 10.5 Å². The van der Waals surface area contributed by atoms with E-state index in [1.807, 2.05) is 6.07 Å². The smallest absolute Gasteiger partial charge is 0.126 e. The summed E-state index contributed by atoms with van der Waals surface area (Å²) < 4.78 is 5.98. The van der Waals surface area contributed by atoms with Gasteiger partial charge in [0.25, 0.3) is 0 Å². The second-order valence-electron chi connectivity index (χ2n) is 6.27. The zero-order valence-corrected chi connectivity index (χ0v) is 13.3. The number of rotatable bonds is 4. The number of aryl methyl sites for hydroxylation is 1. The second kappa shape index (κ2) is 6.51. The Morgan fingerprint density at radius 2 is 1.91 bits per heavy atom. The molecular formula is C19H24N2O. The summed E-state index contributed by atoms with van der Waals surface area (Å²) in [5.74, 6) is 1.31. The van der Waals surface area contributed by atoms with Crippen molar-refractivity contribution in [2.24, 2.45) is 11.7 Å². The molecule has 22 heavy (non-hydrogen) atoms. The van der Waals surface area contributed by atoms with Gasteiger partial charge in [0.1, 0.15) is 5.75 Å². The first-order valence-corrected chi connectivity index (χ1v) is 7.85. The molecular weight excluding hydrogens is 272 g/mol. The topological polar surface area (TPSA) is 38.5 Å². The first-order valence-electron chi connectivity index (χ1n) is 7.85. The zero-order chi connectivity index (χ0) is 15.5. The van der Waals surface area contributed by atoms with Gasteiger partial charge in [-0.1, -0.05) is 48.5 Å². The molecule has 2 N–H and O–H groups in total. The summed E-state index contributed by atoms with van der Waals surface area (Å²) in [4.78, 5) is 2.32. The molecule has 0 saturated carbocycles. The molecule has 0 amide bonds. The molecule has 0 aromatic heterocycles. The van der Waals surface area contributed by atoms with Crippen molar-refractivity contribution in [2.45, 2.75) is 19.5 Å². The Hall–Kier alpha value is -1.84. The third-order valence-corrected chi connectivity index (χ3v) is 4.39. The molecule has 1 heterocycles. The van der Waals surface area contributed by atoms with Gasteiger partial charge >= 0.3 is 0 Å². The van der Waals surface area contributed by atoms with Gasteiger partial charge in [-0.15, -0.1) is 0 Å². The van der Waals surface area contributed by atoms with Crippen molar-refractivity contribution >= 4 is 0 Å². The van der Waals surface area contributed by atoms with Gasteiger partial charge in [0.15, 0.2) is 0 Å². The minimum absolute atomic E-state index is 0.0434. The number of ether oxygens (including phenoxy) is 1. The third kappa shape index (κ3) is 3.16. The molecule has 0 fully saturated rings. The molecule has 3 nitrogen and oxygen atoms in total. The number of nitrogens with two attached hydrogens (primary N) is 1. The molecule has 3 rings (SSSR count). The summed E-state index contributed by atoms with van der Waals surface area (Å²) in [5, 5.41) is 0. The van der Waals surface area contributed by atoms with Gasteiger partial charge in [0.05, 0.1) is 6.61 Å². The highest BCUT2D eigenvalue weighted by atomic mass is 16.5. The average molecular weight is 296 g/mol. The van der Waals surface area contributed by atoms with Gasteiger partial charge in [-0.05, 0) is 25.1 Å². The minimum atomic E-state index is 0.0434. The van der Waals surface area contributed by atoms with Crippen molar-refractivity contribution in [3.05, 3.63) is 65.2 Å². The summed E-state index contributed by atoms with van der Waals surface area (Å²) in [6, 6.07) is 16.8. The zero-order valence-electron chi connectivity index (χ0n) is 13.3. The van der Waals surface area contributed by atoms with Crippen LogP contribution >= 0.6 is 0 Å². The predicted octanol–water partition coefficient (Wildman–Crippen LogP) is 3.14. The Labute approximate surface area is 132 Å². The number of hydrogen-bond donors (Lipinski definition) is 1. The van der Waals surface area contributed by atoms with Crippen LogP contribution in [0.2, 0.25) is 0 Å². The summed E-state index contributed by atoms with van der Waals surface area (Å²) in [5.41, 5.74) is 10.1. The molecule has 2 aromatic rings. The van der Waals surface area contributed by atoms with Gasteiger partial charge in [0.2, 0.25) is 0 Å². The molecule has 0 radical (unpaired) electrons. The van der Waals surface area contributed by atoms with Crippen LogP contribution in [0.4, 0.5) is 0 Å². The van der Waals surface area contributed by atoms with Crippen molar-refractivity contribution < 1.29 is 4.74 Å². The Kier molecular flexibility index (Phi) is 4.46. The van der Waals surface area contributed by atoms with E-state index in [9.17, 15) is 0 Å². The van der Waals surface area contributed by atoms with Crippen LogP contribution in [0.3, 0.4) is 0 Å². The van der Waals surface area contributed by atoms with E-state index in [1.165, 1.54) is 11.1 Å². The van der Waals surface area contributed by atoms with E-state index in [2.05, 4.69) is 61.3 Å². The van der Waals surface area contributed by atoms with Gasteiger partial charge in [-0.2, -0.15) is 0 Å². The van der Waals surface area contributed by atoms with Crippen LogP contribution in [0.1, 0.15) is 22.7 Å². The molecule has 2 aromatic carbocycles. The summed E-state index contributed by atoms with van der Waals surface area (Å²) in [6.07, 6.45) is 0. The number of fused-ring (bicyclic) bond motifs is 1. The lowest BCUT2D eigenvalue weighted by Crippen LogP contribution is -2.39. The Morgan fingerprint density at radius 3 is 2.68 bits per heavy atom. The van der Waals surface area contributed by atoms with E-state index in [-0.39, 0.29) is 6.04 Å². The summed E-state index contributed by atoms with van der Waals surface area (Å²) >= 11 is 0. The van der Waals surface area contributed by atoms with Crippen molar-refractivity contribution in [3.8, 4) is 5.75 Å². The number of para-hydroxylation sites is 1. The van der Waals surface area contributed by atoms with E-state index in [0.29, 0.717) is 12.5 Å². The van der Waals surface area contributed by atoms with Crippen LogP contribution in [0.25, 0.3) is 0 Å². The molecule has 1 aliphatic heterocycles. The van der Waals surface area contributed by atoms with E-state index < -0.39 is 0 Å². The van der Waals surface area contributed by atoms with Gasteiger partial charge in [-0.25, -0.2) is 0 Å². The third-order valence-electron chi connectivity index (χ3n) is 4.39. The van der Waals surface area contributed by atoms with Crippen LogP contribution in [0.15, 0.2) is 48.5 Å². The summed E-state index contributed by atoms with van der Waals surface area (Å²) in [6.45, 7) is 4.64. The van der Waals surface area contributed by atoms with Crippen molar-refractivity contribution in [1.29, 1.82) is 0 Å². The number of hydrogen-bond acceptors (Lipinski definition) is 3. The Morgan fingerprint density at radius 1 is 1.14 bits per heavy atom. The Balaban J connectivity index is 1.66. The van der Waals surface area contributed by atoms with Crippen LogP contribution in [0, 0.1) is 12.8 Å². The molecule has 0 saturated heterocycles. The lowest BCUT2D eigenvalue weighted by atomic mass is 9.89. The van der Waals surface area contributed by atoms with Gasteiger partial charge < -0.3 is 15.4 Å². The van der Waals surface area contributed by atoms with Gasteiger partial charge in [-0.3, -0.25) is 0 Å². The molecule has 0 spiro atoms. The fraction of sp³-hybridized carbons (Fsp3) is 0.368. The normalized spacial score (nSPS) is 20.5. The quantitative estimate of drug-likeness (QED) is 0.942. The summed E-state index contributed by atoms with van der Waals surface area (Å²) in [7, 11) is 2.14. The lowest BCUT2D eigenvalue weighted by Gasteiger charge is -2.34. The first kappa shape index (κ1) is 15.1. The highest BCUT2D eigenvalue weighted by Gasteiger charge is 2.29. The monoisotopic (exact) mass is 296 g/mol. The maximum Gasteiger partial charge on any atom is 0.126 e. The van der Waals surface area contributed by atoms with Crippen molar-refractivity contribution in [2.75, 3.05) is 20.2 Å². The van der Waals surface area contributed by atoms with Crippen LogP contribution in [0.5, 0.6) is 5.75 Å². The first-order chi connectivity index (χ1) is 10.6. The highest BCUT2D eigenvalue weighted by molar-refractivity contribution is 5.44. The van der Waals surface area contributed by atoms with Crippen molar-refractivity contribution in [1.82, 2.24) is 4.90 Å². The van der Waals surface area contributed by atoms with Crippen LogP contribution in [-0.4, -0.2) is 25.1 Å². The minimum Gasteiger partial charge on any atom is -0.493 e. The fourth-order valence-corrected chi connectivity index (χ4v) is 3.21. The SMILES string of the molecule is Cc1cccc2c1OCC(CN(C)Cc1ccccc1)C2N. The maximum absolute atomic E-state index is 6.49. The maximum atomic E-state index is 6.49. The standard InChI is InChI=1S/C19H24N2O/c1-14-7-6-10-17-18(20)16(13-22-19(14)17)12-21(2)11-15-8-4-3-5-9-15/h3-10,16,18H,11-13,20H2,1-2H3. The van der Waals surface area contributed by atoms with Crippen molar-refractivity contribution in [3.63, 3.8) is 0 Å². The largest absolute Gasteiger partial charge is 0.493 e. The molecule has 3 heteroatoms. The number of nitrogens with zero attached hydrogens (tertiary/aromatic N) is 1. The van der Waals surface area contributed by atoms with E-state index in [0.717, 1.165) is 24.4 Å².